The second-order valence-electron chi connectivity index (χ2n) is 11.4. The third-order valence-electron chi connectivity index (χ3n) is 10.3. The highest BCUT2D eigenvalue weighted by atomic mass is 16.7. The minimum absolute atomic E-state index is 0.0115. The zero-order chi connectivity index (χ0) is 23.8. The zero-order valence-electron chi connectivity index (χ0n) is 20.3. The van der Waals surface area contributed by atoms with Crippen molar-refractivity contribution in [1.82, 2.24) is 0 Å². The van der Waals surface area contributed by atoms with Gasteiger partial charge in [-0.05, 0) is 75.0 Å². The van der Waals surface area contributed by atoms with Gasteiger partial charge in [-0.3, -0.25) is 9.59 Å². The Morgan fingerprint density at radius 3 is 2.52 bits per heavy atom. The first-order chi connectivity index (χ1) is 15.6. The summed E-state index contributed by atoms with van der Waals surface area (Å²) in [5, 5.41) is 0. The van der Waals surface area contributed by atoms with Gasteiger partial charge in [-0.1, -0.05) is 25.5 Å². The highest BCUT2D eigenvalue weighted by Crippen LogP contribution is 2.75. The van der Waals surface area contributed by atoms with Gasteiger partial charge in [0.25, 0.3) is 11.5 Å². The molecule has 8 unspecified atom stereocenters. The molecule has 2 N–H and O–H groups in total. The number of fused-ring (bicyclic) bond motifs is 6. The van der Waals surface area contributed by atoms with Crippen LogP contribution in [0.3, 0.4) is 0 Å². The number of rotatable bonds is 4. The number of epoxide rings is 1. The van der Waals surface area contributed by atoms with Crippen LogP contribution in [0.5, 0.6) is 0 Å². The number of hydrogen-bond donors (Lipinski definition) is 1. The first-order valence-electron chi connectivity index (χ1n) is 12.6. The molecule has 0 aromatic carbocycles. The van der Waals surface area contributed by atoms with E-state index < -0.39 is 23.1 Å². The number of allylic oxidation sites excluding steroid dienone is 1. The monoisotopic (exact) mass is 459 g/mol. The molecule has 5 aliphatic rings. The van der Waals surface area contributed by atoms with Crippen molar-refractivity contribution in [3.63, 3.8) is 0 Å². The van der Waals surface area contributed by atoms with E-state index in [0.717, 1.165) is 44.9 Å². The Morgan fingerprint density at radius 2 is 1.85 bits per heavy atom. The van der Waals surface area contributed by atoms with E-state index in [2.05, 4.69) is 19.9 Å². The molecular weight excluding hydrogens is 422 g/mol. The van der Waals surface area contributed by atoms with Crippen LogP contribution in [0.15, 0.2) is 11.6 Å². The largest absolute Gasteiger partial charge is 0.463 e. The van der Waals surface area contributed by atoms with Crippen LogP contribution in [-0.2, 0) is 28.6 Å². The summed E-state index contributed by atoms with van der Waals surface area (Å²) in [7, 11) is 0. The first kappa shape index (κ1) is 22.9. The summed E-state index contributed by atoms with van der Waals surface area (Å²) in [6, 6.07) is 0. The van der Waals surface area contributed by atoms with Crippen molar-refractivity contribution in [3.8, 4) is 0 Å². The van der Waals surface area contributed by atoms with Crippen molar-refractivity contribution in [1.29, 1.82) is 0 Å². The molecule has 0 radical (unpaired) electrons. The predicted octanol–water partition coefficient (Wildman–Crippen LogP) is 3.44. The maximum absolute atomic E-state index is 12.9. The van der Waals surface area contributed by atoms with Crippen molar-refractivity contribution in [3.05, 3.63) is 11.6 Å². The number of carbonyl (C=O) groups excluding carboxylic acids is 3. The number of esters is 2. The van der Waals surface area contributed by atoms with Gasteiger partial charge in [0.2, 0.25) is 0 Å². The summed E-state index contributed by atoms with van der Waals surface area (Å²) in [6.07, 6.45) is 9.68. The van der Waals surface area contributed by atoms with Gasteiger partial charge >= 0.3 is 11.9 Å². The Morgan fingerprint density at radius 1 is 1.12 bits per heavy atom. The molecule has 1 saturated heterocycles. The summed E-state index contributed by atoms with van der Waals surface area (Å²) >= 11 is 0. The third kappa shape index (κ3) is 2.80. The Kier molecular flexibility index (Phi) is 5.06. The molecule has 1 heterocycles. The number of amides is 1. The number of nitrogens with two attached hydrogens (primary N) is 1. The van der Waals surface area contributed by atoms with E-state index in [1.165, 1.54) is 12.5 Å². The van der Waals surface area contributed by atoms with E-state index in [1.807, 2.05) is 0 Å². The molecule has 8 atom stereocenters. The van der Waals surface area contributed by atoms with Crippen LogP contribution in [0.25, 0.3) is 0 Å². The smallest absolute Gasteiger partial charge is 0.351 e. The lowest BCUT2D eigenvalue weighted by Gasteiger charge is -2.57. The van der Waals surface area contributed by atoms with E-state index in [-0.39, 0.29) is 29.5 Å². The van der Waals surface area contributed by atoms with Gasteiger partial charge < -0.3 is 19.9 Å². The lowest BCUT2D eigenvalue weighted by atomic mass is 9.47. The van der Waals surface area contributed by atoms with Crippen LogP contribution in [-0.4, -0.2) is 41.8 Å². The molecule has 33 heavy (non-hydrogen) atoms. The molecule has 5 rings (SSSR count). The fourth-order valence-corrected chi connectivity index (χ4v) is 8.73. The summed E-state index contributed by atoms with van der Waals surface area (Å²) in [6.45, 7) is 8.02. The molecule has 0 aromatic heterocycles. The Balaban J connectivity index is 1.43. The van der Waals surface area contributed by atoms with E-state index >= 15 is 0 Å². The minimum Gasteiger partial charge on any atom is -0.463 e. The van der Waals surface area contributed by atoms with Gasteiger partial charge in [-0.15, -0.1) is 0 Å². The minimum atomic E-state index is -1.64. The third-order valence-corrected chi connectivity index (χ3v) is 10.3. The highest BCUT2D eigenvalue weighted by Gasteiger charge is 2.88. The van der Waals surface area contributed by atoms with Gasteiger partial charge in [0.1, 0.15) is 11.7 Å². The van der Waals surface area contributed by atoms with Gasteiger partial charge in [-0.2, -0.15) is 0 Å². The predicted molar refractivity (Wildman–Crippen MR) is 120 cm³/mol. The van der Waals surface area contributed by atoms with Gasteiger partial charge in [0, 0.05) is 18.8 Å². The molecule has 4 aliphatic carbocycles. The molecule has 0 bridgehead atoms. The van der Waals surface area contributed by atoms with Gasteiger partial charge in [0.15, 0.2) is 0 Å². The molecule has 1 aliphatic heterocycles. The normalized spacial score (nSPS) is 47.6. The molecule has 7 heteroatoms. The summed E-state index contributed by atoms with van der Waals surface area (Å²) < 4.78 is 17.0. The SMILES string of the molecule is CCOC(=O)C1(C(N)=O)OC12CCC1C3CC=C4CC(OC(C)=O)CCC4(C)C3CCC12C. The lowest BCUT2D eigenvalue weighted by molar-refractivity contribution is -0.153. The van der Waals surface area contributed by atoms with Crippen molar-refractivity contribution < 1.29 is 28.6 Å². The Labute approximate surface area is 195 Å². The number of hydrogen-bond acceptors (Lipinski definition) is 6. The maximum atomic E-state index is 12.9. The van der Waals surface area contributed by atoms with Crippen LogP contribution < -0.4 is 5.73 Å². The van der Waals surface area contributed by atoms with Crippen molar-refractivity contribution >= 4 is 17.8 Å². The van der Waals surface area contributed by atoms with Crippen LogP contribution in [0, 0.1) is 28.6 Å². The molecule has 7 nitrogen and oxygen atoms in total. The fourth-order valence-electron chi connectivity index (χ4n) is 8.73. The lowest BCUT2D eigenvalue weighted by Crippen LogP contribution is -2.56. The fraction of sp³-hybridized carbons (Fsp3) is 0.808. The number of primary amides is 1. The molecule has 0 aromatic rings. The topological polar surface area (TPSA) is 108 Å². The number of ether oxygens (including phenoxy) is 3. The van der Waals surface area contributed by atoms with Gasteiger partial charge in [0.05, 0.1) is 6.61 Å². The summed E-state index contributed by atoms with van der Waals surface area (Å²) in [5.74, 6) is -0.138. The highest BCUT2D eigenvalue weighted by molar-refractivity contribution is 6.10. The molecule has 1 spiro atoms. The molecule has 182 valence electrons. The summed E-state index contributed by atoms with van der Waals surface area (Å²) in [5.41, 5.74) is 4.57. The summed E-state index contributed by atoms with van der Waals surface area (Å²) in [4.78, 5) is 36.9. The second-order valence-corrected chi connectivity index (χ2v) is 11.4. The molecule has 3 saturated carbocycles. The van der Waals surface area contributed by atoms with E-state index in [9.17, 15) is 14.4 Å². The average molecular weight is 460 g/mol. The van der Waals surface area contributed by atoms with E-state index in [0.29, 0.717) is 24.2 Å². The van der Waals surface area contributed by atoms with Crippen LogP contribution in [0.1, 0.15) is 79.1 Å². The molecule has 4 fully saturated rings. The Bertz CT molecular complexity index is 930. The van der Waals surface area contributed by atoms with Crippen molar-refractivity contribution in [2.75, 3.05) is 6.61 Å². The van der Waals surface area contributed by atoms with Crippen LogP contribution >= 0.6 is 0 Å². The Hall–Kier alpha value is -1.89. The first-order valence-corrected chi connectivity index (χ1v) is 12.6. The zero-order valence-corrected chi connectivity index (χ0v) is 20.3. The maximum Gasteiger partial charge on any atom is 0.351 e. The van der Waals surface area contributed by atoms with E-state index in [4.69, 9.17) is 19.9 Å². The molecular formula is C26H37NO6. The van der Waals surface area contributed by atoms with Gasteiger partial charge in [-0.25, -0.2) is 4.79 Å². The van der Waals surface area contributed by atoms with Crippen molar-refractivity contribution in [2.45, 2.75) is 96.4 Å². The van der Waals surface area contributed by atoms with Crippen LogP contribution in [0.4, 0.5) is 0 Å². The van der Waals surface area contributed by atoms with Crippen molar-refractivity contribution in [2.24, 2.45) is 34.3 Å². The van der Waals surface area contributed by atoms with Crippen LogP contribution in [0.2, 0.25) is 0 Å². The van der Waals surface area contributed by atoms with E-state index in [1.54, 1.807) is 6.92 Å². The second kappa shape index (κ2) is 7.30. The number of carbonyl (C=O) groups is 3. The average Bonchev–Trinajstić information content (AvgIpc) is 3.36. The molecule has 1 amide bonds. The quantitative estimate of drug-likeness (QED) is 0.299. The standard InChI is InChI=1S/C26H37NO6/c1-5-31-22(30)26(21(27)29)25(33-26)13-10-20-18-7-6-16-14-17(32-15(2)28)8-11-23(16,3)19(18)9-12-24(20,25)4/h6,17-20H,5,7-14H2,1-4H3,(H2,27,29).